The van der Waals surface area contributed by atoms with E-state index in [1.807, 2.05) is 32.2 Å². The maximum Gasteiger partial charge on any atom is 0.306 e. The van der Waals surface area contributed by atoms with Gasteiger partial charge in [0.2, 0.25) is 0 Å². The number of hydrogen-bond acceptors (Lipinski definition) is 8. The van der Waals surface area contributed by atoms with E-state index in [1.165, 1.54) is 0 Å². The molecule has 4 rings (SSSR count). The number of hydrogen-bond donors (Lipinski definition) is 2. The van der Waals surface area contributed by atoms with E-state index in [0.29, 0.717) is 36.5 Å². The van der Waals surface area contributed by atoms with Gasteiger partial charge in [-0.05, 0) is 50.8 Å². The molecule has 180 valence electrons. The Morgan fingerprint density at radius 3 is 2.82 bits per heavy atom. The first kappa shape index (κ1) is 23.6. The lowest BCUT2D eigenvalue weighted by atomic mass is 9.87. The summed E-state index contributed by atoms with van der Waals surface area (Å²) in [6, 6.07) is 5.59. The zero-order chi connectivity index (χ0) is 24.2. The molecule has 1 aliphatic rings. The van der Waals surface area contributed by atoms with E-state index in [2.05, 4.69) is 39.4 Å². The summed E-state index contributed by atoms with van der Waals surface area (Å²) < 4.78 is 7.86. The van der Waals surface area contributed by atoms with Crippen LogP contribution < -0.4 is 10.1 Å². The second-order valence-corrected chi connectivity index (χ2v) is 9.04. The first-order valence-corrected chi connectivity index (χ1v) is 11.6. The number of carboxylic acids is 1. The highest BCUT2D eigenvalue weighted by molar-refractivity contribution is 5.70. The molecule has 2 N–H and O–H groups in total. The lowest BCUT2D eigenvalue weighted by Gasteiger charge is -2.27. The molecule has 3 heterocycles. The molecule has 0 bridgehead atoms. The molecule has 1 aliphatic carbocycles. The topological polar surface area (TPSA) is 128 Å². The average molecular weight is 466 g/mol. The number of aryl methyl sites for hydroxylation is 2. The summed E-state index contributed by atoms with van der Waals surface area (Å²) in [5, 5.41) is 21.2. The van der Waals surface area contributed by atoms with Crippen molar-refractivity contribution in [3.63, 3.8) is 0 Å². The second-order valence-electron chi connectivity index (χ2n) is 9.04. The number of pyridine rings is 1. The van der Waals surface area contributed by atoms with Gasteiger partial charge in [0.1, 0.15) is 23.1 Å². The molecule has 3 aromatic heterocycles. The molecule has 1 fully saturated rings. The van der Waals surface area contributed by atoms with Crippen LogP contribution in [0.15, 0.2) is 24.4 Å². The number of aromatic nitrogens is 6. The van der Waals surface area contributed by atoms with E-state index in [-0.39, 0.29) is 17.9 Å². The van der Waals surface area contributed by atoms with E-state index in [0.717, 1.165) is 35.9 Å². The molecule has 0 unspecified atom stereocenters. The minimum atomic E-state index is -0.746. The number of nitrogens with one attached hydrogen (secondary N) is 1. The summed E-state index contributed by atoms with van der Waals surface area (Å²) in [6.07, 6.45) is 4.59. The Balaban J connectivity index is 1.48. The molecule has 0 spiro atoms. The Bertz CT molecular complexity index is 1160. The third kappa shape index (κ3) is 5.32. The van der Waals surface area contributed by atoms with Crippen molar-refractivity contribution in [3.8, 4) is 17.1 Å². The van der Waals surface area contributed by atoms with Crippen LogP contribution in [0.25, 0.3) is 11.4 Å². The van der Waals surface area contributed by atoms with Gasteiger partial charge in [-0.15, -0.1) is 5.10 Å². The molecular formula is C24H31N7O3. The fourth-order valence-corrected chi connectivity index (χ4v) is 4.16. The van der Waals surface area contributed by atoms with Gasteiger partial charge < -0.3 is 15.2 Å². The summed E-state index contributed by atoms with van der Waals surface area (Å²) >= 11 is 0. The van der Waals surface area contributed by atoms with Gasteiger partial charge in [0.05, 0.1) is 35.6 Å². The van der Waals surface area contributed by atoms with Crippen LogP contribution in [0.3, 0.4) is 0 Å². The molecule has 3 aromatic rings. The molecule has 34 heavy (non-hydrogen) atoms. The highest BCUT2D eigenvalue weighted by atomic mass is 16.5. The minimum absolute atomic E-state index is 0.110. The molecule has 0 amide bonds. The van der Waals surface area contributed by atoms with Crippen LogP contribution in [0.1, 0.15) is 62.7 Å². The monoisotopic (exact) mass is 465 g/mol. The third-order valence-corrected chi connectivity index (χ3v) is 6.12. The van der Waals surface area contributed by atoms with Gasteiger partial charge in [0, 0.05) is 19.2 Å². The van der Waals surface area contributed by atoms with E-state index in [4.69, 9.17) is 9.72 Å². The van der Waals surface area contributed by atoms with Crippen LogP contribution in [-0.4, -0.2) is 47.1 Å². The molecule has 10 heteroatoms. The van der Waals surface area contributed by atoms with Crippen LogP contribution in [0.4, 0.5) is 5.82 Å². The van der Waals surface area contributed by atoms with Crippen LogP contribution in [0, 0.1) is 12.8 Å². The van der Waals surface area contributed by atoms with Crippen LogP contribution in [-0.2, 0) is 18.4 Å². The Labute approximate surface area is 198 Å². The molecule has 0 saturated heterocycles. The quantitative estimate of drug-likeness (QED) is 0.511. The van der Waals surface area contributed by atoms with Gasteiger partial charge in [-0.2, -0.15) is 0 Å². The first-order valence-electron chi connectivity index (χ1n) is 11.6. The van der Waals surface area contributed by atoms with Crippen molar-refractivity contribution in [1.29, 1.82) is 0 Å². The number of carboxylic acid groups (broad SMARTS) is 1. The molecule has 1 saturated carbocycles. The number of aliphatic carboxylic acids is 1. The standard InChI is InChI=1S/C24H31N7O3/c1-14(2)23-25-11-10-21(28-23)26-13-19-22(29-30-31(19)4)18-8-9-20(15(3)27-18)34-17-7-5-6-16(12-17)24(32)33/h8-11,14,16-17H,5-7,12-13H2,1-4H3,(H,32,33)(H,25,26,28)/t16-,17-/m0/s1. The number of anilines is 1. The number of carbonyl (C=O) groups is 1. The molecule has 2 atom stereocenters. The minimum Gasteiger partial charge on any atom is -0.489 e. The highest BCUT2D eigenvalue weighted by Gasteiger charge is 2.28. The smallest absolute Gasteiger partial charge is 0.306 e. The lowest BCUT2D eigenvalue weighted by molar-refractivity contribution is -0.143. The van der Waals surface area contributed by atoms with Crippen molar-refractivity contribution < 1.29 is 14.6 Å². The summed E-state index contributed by atoms with van der Waals surface area (Å²) in [5.74, 6) is 1.36. The summed E-state index contributed by atoms with van der Waals surface area (Å²) in [4.78, 5) is 24.9. The average Bonchev–Trinajstić information content (AvgIpc) is 3.19. The van der Waals surface area contributed by atoms with Crippen molar-refractivity contribution in [1.82, 2.24) is 29.9 Å². The lowest BCUT2D eigenvalue weighted by Crippen LogP contribution is -2.29. The number of ether oxygens (including phenoxy) is 1. The summed E-state index contributed by atoms with van der Waals surface area (Å²) in [6.45, 7) is 6.48. The van der Waals surface area contributed by atoms with E-state index >= 15 is 0 Å². The second kappa shape index (κ2) is 10.1. The van der Waals surface area contributed by atoms with Gasteiger partial charge >= 0.3 is 5.97 Å². The van der Waals surface area contributed by atoms with Crippen molar-refractivity contribution in [3.05, 3.63) is 41.6 Å². The third-order valence-electron chi connectivity index (χ3n) is 6.12. The van der Waals surface area contributed by atoms with Gasteiger partial charge in [0.15, 0.2) is 0 Å². The van der Waals surface area contributed by atoms with E-state index in [1.54, 1.807) is 10.9 Å². The molecular weight excluding hydrogens is 434 g/mol. The Hall–Kier alpha value is -3.56. The number of nitrogens with zero attached hydrogens (tertiary/aromatic N) is 6. The summed E-state index contributed by atoms with van der Waals surface area (Å²) in [5.41, 5.74) is 3.00. The fraction of sp³-hybridized carbons (Fsp3) is 0.500. The largest absolute Gasteiger partial charge is 0.489 e. The maximum atomic E-state index is 11.4. The zero-order valence-electron chi connectivity index (χ0n) is 20.0. The zero-order valence-corrected chi connectivity index (χ0v) is 20.0. The Morgan fingerprint density at radius 1 is 1.26 bits per heavy atom. The first-order chi connectivity index (χ1) is 16.3. The Morgan fingerprint density at radius 2 is 2.09 bits per heavy atom. The van der Waals surface area contributed by atoms with Crippen molar-refractivity contribution in [2.45, 2.75) is 65.0 Å². The van der Waals surface area contributed by atoms with Crippen LogP contribution in [0.2, 0.25) is 0 Å². The SMILES string of the molecule is Cc1nc(-c2nnn(C)c2CNc2ccnc(C(C)C)n2)ccc1O[C@H]1CCC[C@H](C(=O)O)C1. The predicted molar refractivity (Wildman–Crippen MR) is 126 cm³/mol. The van der Waals surface area contributed by atoms with Crippen molar-refractivity contribution in [2.24, 2.45) is 13.0 Å². The summed E-state index contributed by atoms with van der Waals surface area (Å²) in [7, 11) is 1.85. The van der Waals surface area contributed by atoms with E-state index in [9.17, 15) is 9.90 Å². The van der Waals surface area contributed by atoms with Crippen molar-refractivity contribution >= 4 is 11.8 Å². The van der Waals surface area contributed by atoms with Crippen molar-refractivity contribution in [2.75, 3.05) is 5.32 Å². The van der Waals surface area contributed by atoms with Crippen LogP contribution in [0.5, 0.6) is 5.75 Å². The van der Waals surface area contributed by atoms with Gasteiger partial charge in [0.25, 0.3) is 0 Å². The van der Waals surface area contributed by atoms with Gasteiger partial charge in [-0.3, -0.25) is 4.79 Å². The van der Waals surface area contributed by atoms with Gasteiger partial charge in [-0.25, -0.2) is 19.6 Å². The Kier molecular flexibility index (Phi) is 7.04. The van der Waals surface area contributed by atoms with E-state index < -0.39 is 5.97 Å². The number of rotatable bonds is 8. The maximum absolute atomic E-state index is 11.4. The highest BCUT2D eigenvalue weighted by Crippen LogP contribution is 2.30. The molecule has 0 radical (unpaired) electrons. The normalized spacial score (nSPS) is 18.1. The van der Waals surface area contributed by atoms with Crippen LogP contribution >= 0.6 is 0 Å². The molecule has 0 aromatic carbocycles. The predicted octanol–water partition coefficient (Wildman–Crippen LogP) is 3.73. The molecule has 0 aliphatic heterocycles. The molecule has 10 nitrogen and oxygen atoms in total. The van der Waals surface area contributed by atoms with Gasteiger partial charge in [-0.1, -0.05) is 19.1 Å². The fourth-order valence-electron chi connectivity index (χ4n) is 4.16.